The number of hydrogen-bond donors (Lipinski definition) is 2. The Labute approximate surface area is 89.5 Å². The molecule has 1 aromatic rings. The van der Waals surface area contributed by atoms with Crippen LogP contribution in [0.15, 0.2) is 6.20 Å². The number of hydrogen-bond acceptors (Lipinski definition) is 4. The molecule has 2 rings (SSSR count). The third-order valence-electron chi connectivity index (χ3n) is 2.96. The zero-order chi connectivity index (χ0) is 10.7. The van der Waals surface area contributed by atoms with E-state index in [1.165, 1.54) is 0 Å². The molecule has 0 saturated carbocycles. The molecule has 15 heavy (non-hydrogen) atoms. The van der Waals surface area contributed by atoms with E-state index in [1.54, 1.807) is 6.20 Å². The first-order chi connectivity index (χ1) is 7.26. The largest absolute Gasteiger partial charge is 0.383 e. The van der Waals surface area contributed by atoms with Crippen molar-refractivity contribution >= 4 is 0 Å². The van der Waals surface area contributed by atoms with Crippen LogP contribution < -0.4 is 5.32 Å². The van der Waals surface area contributed by atoms with Crippen LogP contribution in [0.1, 0.15) is 31.9 Å². The summed E-state index contributed by atoms with van der Waals surface area (Å²) in [7, 11) is 0. The van der Waals surface area contributed by atoms with Crippen LogP contribution >= 0.6 is 0 Å². The molecule has 2 heterocycles. The van der Waals surface area contributed by atoms with Crippen molar-refractivity contribution < 1.29 is 5.11 Å². The minimum Gasteiger partial charge on any atom is -0.383 e. The Morgan fingerprint density at radius 2 is 2.27 bits per heavy atom. The van der Waals surface area contributed by atoms with Gasteiger partial charge in [0.1, 0.15) is 5.60 Å². The quantitative estimate of drug-likeness (QED) is 0.751. The van der Waals surface area contributed by atoms with E-state index in [0.717, 1.165) is 44.6 Å². The summed E-state index contributed by atoms with van der Waals surface area (Å²) in [4.78, 5) is 0. The van der Waals surface area contributed by atoms with Crippen LogP contribution in [0.25, 0.3) is 0 Å². The second kappa shape index (κ2) is 4.28. The number of nitrogens with one attached hydrogen (secondary N) is 1. The lowest BCUT2D eigenvalue weighted by Crippen LogP contribution is -2.41. The lowest BCUT2D eigenvalue weighted by atomic mass is 9.89. The Morgan fingerprint density at radius 3 is 2.93 bits per heavy atom. The summed E-state index contributed by atoms with van der Waals surface area (Å²) in [6.45, 7) is 4.63. The van der Waals surface area contributed by atoms with Gasteiger partial charge in [-0.25, -0.2) is 4.68 Å². The molecule has 0 atom stereocenters. The fraction of sp³-hybridized carbons (Fsp3) is 0.800. The molecule has 0 unspecified atom stereocenters. The first-order valence-corrected chi connectivity index (χ1v) is 5.58. The maximum Gasteiger partial charge on any atom is 0.110 e. The van der Waals surface area contributed by atoms with Gasteiger partial charge in [-0.2, -0.15) is 0 Å². The van der Waals surface area contributed by atoms with Crippen molar-refractivity contribution in [2.45, 2.75) is 38.3 Å². The molecule has 1 aromatic heterocycles. The van der Waals surface area contributed by atoms with Crippen molar-refractivity contribution in [3.8, 4) is 0 Å². The number of aliphatic hydroxyl groups is 1. The summed E-state index contributed by atoms with van der Waals surface area (Å²) in [6.07, 6.45) is 4.18. The second-order valence-electron chi connectivity index (χ2n) is 4.12. The maximum atomic E-state index is 10.5. The molecule has 2 N–H and O–H groups in total. The van der Waals surface area contributed by atoms with Gasteiger partial charge in [0.25, 0.3) is 0 Å². The molecule has 1 aliphatic heterocycles. The van der Waals surface area contributed by atoms with E-state index in [1.807, 2.05) is 4.68 Å². The van der Waals surface area contributed by atoms with Crippen LogP contribution in [0.3, 0.4) is 0 Å². The van der Waals surface area contributed by atoms with Gasteiger partial charge in [0.15, 0.2) is 0 Å². The predicted octanol–water partition coefficient (Wildman–Crippen LogP) is 0.259. The number of aromatic nitrogens is 3. The van der Waals surface area contributed by atoms with E-state index >= 15 is 0 Å². The zero-order valence-corrected chi connectivity index (χ0v) is 9.11. The average Bonchev–Trinajstić information content (AvgIpc) is 2.68. The van der Waals surface area contributed by atoms with Gasteiger partial charge in [0.2, 0.25) is 0 Å². The molecule has 84 valence electrons. The first kappa shape index (κ1) is 10.6. The minimum atomic E-state index is -0.732. The van der Waals surface area contributed by atoms with Crippen molar-refractivity contribution in [3.63, 3.8) is 0 Å². The predicted molar refractivity (Wildman–Crippen MR) is 56.3 cm³/mol. The van der Waals surface area contributed by atoms with Crippen LogP contribution in [0, 0.1) is 0 Å². The Bertz CT molecular complexity index is 317. The summed E-state index contributed by atoms with van der Waals surface area (Å²) in [6, 6.07) is 0. The molecule has 0 amide bonds. The standard InChI is InChI=1S/C10H18N4O/c1-2-7-14-9(8-12-13-14)10(15)3-5-11-6-4-10/h8,11,15H,2-7H2,1H3. The molecule has 1 saturated heterocycles. The highest BCUT2D eigenvalue weighted by atomic mass is 16.3. The number of nitrogens with zero attached hydrogens (tertiary/aromatic N) is 3. The number of rotatable bonds is 3. The van der Waals surface area contributed by atoms with Crippen molar-refractivity contribution in [1.29, 1.82) is 0 Å². The monoisotopic (exact) mass is 210 g/mol. The molecule has 5 heteroatoms. The Kier molecular flexibility index (Phi) is 3.02. The van der Waals surface area contributed by atoms with Crippen molar-refractivity contribution in [2.24, 2.45) is 0 Å². The van der Waals surface area contributed by atoms with Crippen LogP contribution in [-0.4, -0.2) is 33.2 Å². The van der Waals surface area contributed by atoms with E-state index in [-0.39, 0.29) is 0 Å². The third kappa shape index (κ3) is 2.03. The van der Waals surface area contributed by atoms with Crippen LogP contribution in [0.5, 0.6) is 0 Å². The minimum absolute atomic E-state index is 0.732. The lowest BCUT2D eigenvalue weighted by molar-refractivity contribution is -0.00244. The van der Waals surface area contributed by atoms with Crippen LogP contribution in [0.4, 0.5) is 0 Å². The van der Waals surface area contributed by atoms with Gasteiger partial charge in [-0.1, -0.05) is 12.1 Å². The zero-order valence-electron chi connectivity index (χ0n) is 9.11. The molecular formula is C10H18N4O. The van der Waals surface area contributed by atoms with Crippen molar-refractivity contribution in [3.05, 3.63) is 11.9 Å². The van der Waals surface area contributed by atoms with Crippen LogP contribution in [0.2, 0.25) is 0 Å². The fourth-order valence-electron chi connectivity index (χ4n) is 2.09. The SMILES string of the molecule is CCCn1nncc1C1(O)CCNCC1. The van der Waals surface area contributed by atoms with Gasteiger partial charge in [-0.3, -0.25) is 0 Å². The molecule has 0 aromatic carbocycles. The highest BCUT2D eigenvalue weighted by Gasteiger charge is 2.34. The summed E-state index contributed by atoms with van der Waals surface area (Å²) in [5.41, 5.74) is 0.134. The highest BCUT2D eigenvalue weighted by Crippen LogP contribution is 2.29. The van der Waals surface area contributed by atoms with Gasteiger partial charge in [0, 0.05) is 6.54 Å². The molecule has 1 aliphatic rings. The van der Waals surface area contributed by atoms with E-state index < -0.39 is 5.60 Å². The summed E-state index contributed by atoms with van der Waals surface area (Å²) in [5, 5.41) is 21.6. The third-order valence-corrected chi connectivity index (χ3v) is 2.96. The molecule has 0 aliphatic carbocycles. The second-order valence-corrected chi connectivity index (χ2v) is 4.12. The number of aryl methyl sites for hydroxylation is 1. The van der Waals surface area contributed by atoms with Gasteiger partial charge >= 0.3 is 0 Å². The molecule has 1 fully saturated rings. The normalized spacial score (nSPS) is 20.4. The Morgan fingerprint density at radius 1 is 1.53 bits per heavy atom. The van der Waals surface area contributed by atoms with E-state index in [9.17, 15) is 5.11 Å². The molecule has 0 radical (unpaired) electrons. The van der Waals surface area contributed by atoms with E-state index in [4.69, 9.17) is 0 Å². The first-order valence-electron chi connectivity index (χ1n) is 5.58. The smallest absolute Gasteiger partial charge is 0.110 e. The van der Waals surface area contributed by atoms with Gasteiger partial charge in [-0.15, -0.1) is 5.10 Å². The summed E-state index contributed by atoms with van der Waals surface area (Å²) >= 11 is 0. The molecule has 0 bridgehead atoms. The number of piperidine rings is 1. The van der Waals surface area contributed by atoms with Crippen LogP contribution in [-0.2, 0) is 12.1 Å². The Hall–Kier alpha value is -0.940. The van der Waals surface area contributed by atoms with E-state index in [2.05, 4.69) is 22.6 Å². The maximum absolute atomic E-state index is 10.5. The summed E-state index contributed by atoms with van der Waals surface area (Å²) < 4.78 is 1.82. The average molecular weight is 210 g/mol. The lowest BCUT2D eigenvalue weighted by Gasteiger charge is -2.32. The highest BCUT2D eigenvalue weighted by molar-refractivity contribution is 5.09. The molecule has 5 nitrogen and oxygen atoms in total. The molecular weight excluding hydrogens is 192 g/mol. The van der Waals surface area contributed by atoms with Gasteiger partial charge in [-0.05, 0) is 32.4 Å². The van der Waals surface area contributed by atoms with Crippen molar-refractivity contribution in [2.75, 3.05) is 13.1 Å². The van der Waals surface area contributed by atoms with E-state index in [0.29, 0.717) is 0 Å². The van der Waals surface area contributed by atoms with Crippen molar-refractivity contribution in [1.82, 2.24) is 20.3 Å². The van der Waals surface area contributed by atoms with Gasteiger partial charge < -0.3 is 10.4 Å². The van der Waals surface area contributed by atoms with Gasteiger partial charge in [0.05, 0.1) is 11.9 Å². The topological polar surface area (TPSA) is 63.0 Å². The fourth-order valence-corrected chi connectivity index (χ4v) is 2.09. The summed E-state index contributed by atoms with van der Waals surface area (Å²) in [5.74, 6) is 0. The molecule has 0 spiro atoms. The Balaban J connectivity index is 2.22.